The van der Waals surface area contributed by atoms with Crippen LogP contribution in [0.3, 0.4) is 0 Å². The normalized spacial score (nSPS) is 16.9. The predicted octanol–water partition coefficient (Wildman–Crippen LogP) is 3.54. The van der Waals surface area contributed by atoms with Gasteiger partial charge in [-0.15, -0.1) is 0 Å². The number of carbonyl (C=O) groups is 1. The predicted molar refractivity (Wildman–Crippen MR) is 85.6 cm³/mol. The Hall–Kier alpha value is -1.77. The van der Waals surface area contributed by atoms with Crippen molar-refractivity contribution in [3.63, 3.8) is 0 Å². The van der Waals surface area contributed by atoms with Crippen LogP contribution in [0.4, 0.5) is 5.69 Å². The third-order valence-corrected chi connectivity index (χ3v) is 5.18. The number of rotatable bonds is 2. The Kier molecular flexibility index (Phi) is 3.31. The van der Waals surface area contributed by atoms with Crippen molar-refractivity contribution in [2.75, 3.05) is 18.6 Å². The Morgan fingerprint density at radius 2 is 1.81 bits per heavy atom. The van der Waals surface area contributed by atoms with E-state index < -0.39 is 0 Å². The van der Waals surface area contributed by atoms with Crippen molar-refractivity contribution < 1.29 is 9.53 Å². The summed E-state index contributed by atoms with van der Waals surface area (Å²) in [6.07, 6.45) is 2.39. The van der Waals surface area contributed by atoms with Gasteiger partial charge in [0.1, 0.15) is 0 Å². The average molecular weight is 285 g/mol. The Morgan fingerprint density at radius 1 is 1.14 bits per heavy atom. The molecule has 1 aromatic rings. The van der Waals surface area contributed by atoms with E-state index in [1.54, 1.807) is 0 Å². The van der Waals surface area contributed by atoms with Crippen LogP contribution in [-0.2, 0) is 22.5 Å². The van der Waals surface area contributed by atoms with Gasteiger partial charge in [0.25, 0.3) is 0 Å². The van der Waals surface area contributed by atoms with Crippen molar-refractivity contribution in [3.05, 3.63) is 33.4 Å². The number of esters is 1. The third-order valence-electron chi connectivity index (χ3n) is 5.18. The van der Waals surface area contributed by atoms with Crippen LogP contribution in [0.5, 0.6) is 0 Å². The van der Waals surface area contributed by atoms with E-state index in [4.69, 9.17) is 4.74 Å². The molecule has 3 heteroatoms. The van der Waals surface area contributed by atoms with Gasteiger partial charge in [-0.1, -0.05) is 0 Å². The van der Waals surface area contributed by atoms with Crippen LogP contribution < -0.4 is 4.90 Å². The van der Waals surface area contributed by atoms with E-state index in [-0.39, 0.29) is 5.97 Å². The molecule has 0 radical (unpaired) electrons. The molecule has 0 unspecified atom stereocenters. The van der Waals surface area contributed by atoms with Gasteiger partial charge in [-0.3, -0.25) is 0 Å². The highest BCUT2D eigenvalue weighted by molar-refractivity contribution is 5.98. The summed E-state index contributed by atoms with van der Waals surface area (Å²) < 4.78 is 4.88. The highest BCUT2D eigenvalue weighted by atomic mass is 16.5. The second kappa shape index (κ2) is 4.90. The van der Waals surface area contributed by atoms with E-state index in [9.17, 15) is 4.79 Å². The van der Waals surface area contributed by atoms with Crippen LogP contribution in [-0.4, -0.2) is 19.6 Å². The first kappa shape index (κ1) is 14.2. The molecule has 21 heavy (non-hydrogen) atoms. The molecular formula is C18H23NO2. The summed E-state index contributed by atoms with van der Waals surface area (Å²) in [5, 5.41) is 0. The molecule has 0 aromatic heterocycles. The lowest BCUT2D eigenvalue weighted by atomic mass is 9.79. The molecule has 2 aliphatic heterocycles. The van der Waals surface area contributed by atoms with Gasteiger partial charge in [-0.05, 0) is 73.9 Å². The standard InChI is InChI=1S/C18H23NO2/c1-10(11(2)18(20)21-5)16-12(3)14-7-6-8-19-9-15(13(16)4)17(14)19/h6-9H2,1-5H3/b11-10-. The molecule has 0 fully saturated rings. The minimum atomic E-state index is -0.232. The van der Waals surface area contributed by atoms with E-state index in [1.807, 2.05) is 13.8 Å². The molecule has 0 atom stereocenters. The van der Waals surface area contributed by atoms with Crippen molar-refractivity contribution in [2.24, 2.45) is 0 Å². The quantitative estimate of drug-likeness (QED) is 0.615. The second-order valence-electron chi connectivity index (χ2n) is 6.20. The molecule has 1 aromatic carbocycles. The molecule has 2 aliphatic rings. The fourth-order valence-electron chi connectivity index (χ4n) is 3.87. The van der Waals surface area contributed by atoms with Gasteiger partial charge in [0.05, 0.1) is 7.11 Å². The zero-order chi connectivity index (χ0) is 15.3. The van der Waals surface area contributed by atoms with E-state index in [0.717, 1.165) is 18.5 Å². The zero-order valence-corrected chi connectivity index (χ0v) is 13.6. The number of benzene rings is 1. The second-order valence-corrected chi connectivity index (χ2v) is 6.20. The largest absolute Gasteiger partial charge is 0.466 e. The SMILES string of the molecule is COC(=O)/C(C)=C(/C)c1c(C)c2c3c(c1C)CN3CCC2. The summed E-state index contributed by atoms with van der Waals surface area (Å²) in [7, 11) is 1.44. The van der Waals surface area contributed by atoms with Crippen molar-refractivity contribution in [1.29, 1.82) is 0 Å². The van der Waals surface area contributed by atoms with Gasteiger partial charge >= 0.3 is 5.97 Å². The smallest absolute Gasteiger partial charge is 0.333 e. The molecule has 2 heterocycles. The van der Waals surface area contributed by atoms with Crippen LogP contribution in [0, 0.1) is 13.8 Å². The number of methoxy groups -OCH3 is 1. The van der Waals surface area contributed by atoms with Crippen LogP contribution in [0.2, 0.25) is 0 Å². The molecule has 0 spiro atoms. The topological polar surface area (TPSA) is 29.5 Å². The number of anilines is 1. The Bertz CT molecular complexity index is 671. The van der Waals surface area contributed by atoms with Crippen molar-refractivity contribution in [1.82, 2.24) is 0 Å². The van der Waals surface area contributed by atoms with Crippen LogP contribution in [0.15, 0.2) is 5.57 Å². The molecular weight excluding hydrogens is 262 g/mol. The first-order valence-electron chi connectivity index (χ1n) is 7.63. The summed E-state index contributed by atoms with van der Waals surface area (Å²) in [5.74, 6) is -0.232. The van der Waals surface area contributed by atoms with Crippen LogP contribution >= 0.6 is 0 Å². The number of ether oxygens (including phenoxy) is 1. The molecule has 112 valence electrons. The Labute approximate surface area is 126 Å². The van der Waals surface area contributed by atoms with Gasteiger partial charge in [0, 0.05) is 24.4 Å². The first-order chi connectivity index (χ1) is 9.97. The summed E-state index contributed by atoms with van der Waals surface area (Å²) in [6.45, 7) is 10.5. The lowest BCUT2D eigenvalue weighted by Crippen LogP contribution is -2.39. The fraction of sp³-hybridized carbons (Fsp3) is 0.500. The number of allylic oxidation sites excluding steroid dienone is 1. The van der Waals surface area contributed by atoms with E-state index in [1.165, 1.54) is 53.6 Å². The summed E-state index contributed by atoms with van der Waals surface area (Å²) in [6, 6.07) is 0. The molecule has 3 nitrogen and oxygen atoms in total. The summed E-state index contributed by atoms with van der Waals surface area (Å²) >= 11 is 0. The number of nitrogens with zero attached hydrogens (tertiary/aromatic N) is 1. The molecule has 0 bridgehead atoms. The lowest BCUT2D eigenvalue weighted by Gasteiger charge is -2.44. The third kappa shape index (κ3) is 1.90. The molecule has 0 aliphatic carbocycles. The van der Waals surface area contributed by atoms with Gasteiger partial charge in [-0.2, -0.15) is 0 Å². The van der Waals surface area contributed by atoms with E-state index in [0.29, 0.717) is 5.57 Å². The van der Waals surface area contributed by atoms with Crippen LogP contribution in [0.25, 0.3) is 5.57 Å². The van der Waals surface area contributed by atoms with Gasteiger partial charge in [0.2, 0.25) is 0 Å². The highest BCUT2D eigenvalue weighted by Gasteiger charge is 2.33. The Morgan fingerprint density at radius 3 is 2.48 bits per heavy atom. The van der Waals surface area contributed by atoms with Crippen molar-refractivity contribution in [2.45, 2.75) is 47.1 Å². The van der Waals surface area contributed by atoms with Crippen molar-refractivity contribution in [3.8, 4) is 0 Å². The number of hydrogen-bond acceptors (Lipinski definition) is 3. The fourth-order valence-corrected chi connectivity index (χ4v) is 3.87. The number of hydrogen-bond donors (Lipinski definition) is 0. The first-order valence-corrected chi connectivity index (χ1v) is 7.63. The van der Waals surface area contributed by atoms with Gasteiger partial charge in [0.15, 0.2) is 0 Å². The molecule has 0 saturated heterocycles. The average Bonchev–Trinajstić information content (AvgIpc) is 2.45. The highest BCUT2D eigenvalue weighted by Crippen LogP contribution is 2.46. The maximum atomic E-state index is 11.8. The van der Waals surface area contributed by atoms with Gasteiger partial charge in [-0.25, -0.2) is 4.79 Å². The lowest BCUT2D eigenvalue weighted by molar-refractivity contribution is -0.135. The molecule has 0 N–H and O–H groups in total. The van der Waals surface area contributed by atoms with Crippen LogP contribution in [0.1, 0.15) is 48.1 Å². The molecule has 3 rings (SSSR count). The van der Waals surface area contributed by atoms with E-state index in [2.05, 4.69) is 18.7 Å². The monoisotopic (exact) mass is 285 g/mol. The van der Waals surface area contributed by atoms with Crippen molar-refractivity contribution >= 4 is 17.2 Å². The molecule has 0 saturated carbocycles. The zero-order valence-electron chi connectivity index (χ0n) is 13.6. The minimum Gasteiger partial charge on any atom is -0.466 e. The minimum absolute atomic E-state index is 0.232. The molecule has 0 amide bonds. The number of carbonyl (C=O) groups excluding carboxylic acids is 1. The van der Waals surface area contributed by atoms with Gasteiger partial charge < -0.3 is 9.64 Å². The Balaban J connectivity index is 2.21. The maximum Gasteiger partial charge on any atom is 0.333 e. The summed E-state index contributed by atoms with van der Waals surface area (Å²) in [4.78, 5) is 14.3. The maximum absolute atomic E-state index is 11.8. The van der Waals surface area contributed by atoms with E-state index >= 15 is 0 Å². The summed E-state index contributed by atoms with van der Waals surface area (Å²) in [5.41, 5.74) is 10.1.